The van der Waals surface area contributed by atoms with Crippen LogP contribution in [0.15, 0.2) is 60.8 Å². The summed E-state index contributed by atoms with van der Waals surface area (Å²) in [5, 5.41) is 12.7. The van der Waals surface area contributed by atoms with E-state index in [2.05, 4.69) is 21.4 Å². The van der Waals surface area contributed by atoms with Crippen LogP contribution in [0, 0.1) is 11.3 Å². The Bertz CT molecular complexity index is 1050. The molecule has 1 fully saturated rings. The molecule has 3 aromatic rings. The van der Waals surface area contributed by atoms with Gasteiger partial charge in [0.25, 0.3) is 0 Å². The Kier molecular flexibility index (Phi) is 8.43. The maximum absolute atomic E-state index is 13.1. The van der Waals surface area contributed by atoms with Crippen LogP contribution >= 0.6 is 12.4 Å². The molecule has 0 bridgehead atoms. The first-order chi connectivity index (χ1) is 15.2. The first-order valence-corrected chi connectivity index (χ1v) is 10.8. The number of nitriles is 1. The second-order valence-electron chi connectivity index (χ2n) is 7.95. The third-order valence-corrected chi connectivity index (χ3v) is 5.79. The Morgan fingerprint density at radius 3 is 2.69 bits per heavy atom. The quantitative estimate of drug-likeness (QED) is 0.552. The van der Waals surface area contributed by atoms with Crippen LogP contribution in [0.1, 0.15) is 34.6 Å². The molecule has 4 rings (SSSR count). The lowest BCUT2D eigenvalue weighted by Gasteiger charge is -2.28. The monoisotopic (exact) mass is 449 g/mol. The van der Waals surface area contributed by atoms with E-state index in [1.54, 1.807) is 0 Å². The zero-order valence-electron chi connectivity index (χ0n) is 18.0. The number of amides is 1. The smallest absolute Gasteiger partial charge is 0.227 e. The number of hydrogen-bond acceptors (Lipinski definition) is 4. The van der Waals surface area contributed by atoms with Crippen molar-refractivity contribution in [3.05, 3.63) is 89.0 Å². The maximum atomic E-state index is 13.1. The Hall–Kier alpha value is -3.14. The Labute approximate surface area is 195 Å². The first kappa shape index (κ1) is 23.5. The zero-order chi connectivity index (χ0) is 21.5. The average molecular weight is 450 g/mol. The van der Waals surface area contributed by atoms with Crippen LogP contribution in [-0.2, 0) is 24.1 Å². The van der Waals surface area contributed by atoms with Gasteiger partial charge in [-0.05, 0) is 30.2 Å². The normalized spacial score (nSPS) is 15.0. The lowest BCUT2D eigenvalue weighted by atomic mass is 10.1. The third-order valence-electron chi connectivity index (χ3n) is 5.79. The van der Waals surface area contributed by atoms with E-state index in [0.29, 0.717) is 24.9 Å². The van der Waals surface area contributed by atoms with Crippen molar-refractivity contribution in [3.8, 4) is 6.07 Å². The van der Waals surface area contributed by atoms with Crippen LogP contribution in [0.3, 0.4) is 0 Å². The van der Waals surface area contributed by atoms with E-state index in [9.17, 15) is 10.1 Å². The topological polar surface area (TPSA) is 84.8 Å². The summed E-state index contributed by atoms with van der Waals surface area (Å²) in [4.78, 5) is 23.0. The predicted octanol–water partition coefficient (Wildman–Crippen LogP) is 3.27. The fourth-order valence-corrected chi connectivity index (χ4v) is 4.12. The lowest BCUT2D eigenvalue weighted by molar-refractivity contribution is -0.132. The van der Waals surface area contributed by atoms with Gasteiger partial charge in [0, 0.05) is 43.9 Å². The summed E-state index contributed by atoms with van der Waals surface area (Å²) in [5.74, 6) is 1.00. The van der Waals surface area contributed by atoms with E-state index < -0.39 is 0 Å². The van der Waals surface area contributed by atoms with E-state index in [1.807, 2.05) is 65.7 Å². The zero-order valence-corrected chi connectivity index (χ0v) is 18.8. The van der Waals surface area contributed by atoms with Crippen molar-refractivity contribution in [2.75, 3.05) is 19.6 Å². The van der Waals surface area contributed by atoms with Crippen LogP contribution < -0.4 is 5.32 Å². The molecule has 1 amide bonds. The molecule has 0 spiro atoms. The maximum Gasteiger partial charge on any atom is 0.227 e. The highest BCUT2D eigenvalue weighted by Crippen LogP contribution is 2.15. The molecule has 1 atom stereocenters. The minimum atomic E-state index is 0. The fraction of sp³-hybridized carbons (Fsp3) is 0.320. The summed E-state index contributed by atoms with van der Waals surface area (Å²) < 4.78 is 0. The van der Waals surface area contributed by atoms with Gasteiger partial charge in [0.15, 0.2) is 0 Å². The average Bonchev–Trinajstić information content (AvgIpc) is 3.48. The summed E-state index contributed by atoms with van der Waals surface area (Å²) in [7, 11) is 0. The van der Waals surface area contributed by atoms with Crippen molar-refractivity contribution in [3.63, 3.8) is 0 Å². The number of aromatic nitrogens is 2. The number of benzene rings is 2. The molecule has 0 radical (unpaired) electrons. The van der Waals surface area contributed by atoms with Crippen molar-refractivity contribution >= 4 is 18.3 Å². The second-order valence-corrected chi connectivity index (χ2v) is 7.95. The molecule has 166 valence electrons. The number of rotatable bonds is 8. The number of carbonyl (C=O) groups excluding carboxylic acids is 1. The van der Waals surface area contributed by atoms with Gasteiger partial charge in [0.05, 0.1) is 18.1 Å². The highest BCUT2D eigenvalue weighted by atomic mass is 35.5. The minimum Gasteiger partial charge on any atom is -0.346 e. The molecule has 0 aliphatic carbocycles. The van der Waals surface area contributed by atoms with Crippen LogP contribution in [0.2, 0.25) is 0 Å². The number of hydrogen-bond donors (Lipinski definition) is 2. The summed E-state index contributed by atoms with van der Waals surface area (Å²) in [5.41, 5.74) is 3.69. The number of H-pyrrole nitrogens is 1. The van der Waals surface area contributed by atoms with Gasteiger partial charge in [0.1, 0.15) is 5.82 Å². The molecule has 2 N–H and O–H groups in total. The fourth-order valence-electron chi connectivity index (χ4n) is 4.12. The van der Waals surface area contributed by atoms with E-state index in [-0.39, 0.29) is 24.4 Å². The molecule has 1 saturated heterocycles. The molecule has 2 heterocycles. The molecule has 2 aromatic carbocycles. The van der Waals surface area contributed by atoms with Crippen LogP contribution in [-0.4, -0.2) is 46.5 Å². The van der Waals surface area contributed by atoms with Gasteiger partial charge in [-0.15, -0.1) is 12.4 Å². The van der Waals surface area contributed by atoms with Gasteiger partial charge in [0.2, 0.25) is 5.91 Å². The number of imidazole rings is 1. The van der Waals surface area contributed by atoms with Crippen molar-refractivity contribution in [2.45, 2.75) is 31.7 Å². The van der Waals surface area contributed by atoms with Crippen molar-refractivity contribution < 1.29 is 4.79 Å². The van der Waals surface area contributed by atoms with Gasteiger partial charge in [-0.3, -0.25) is 4.79 Å². The van der Waals surface area contributed by atoms with E-state index in [0.717, 1.165) is 48.6 Å². The summed E-state index contributed by atoms with van der Waals surface area (Å²) in [6.07, 6.45) is 4.57. The number of halogens is 1. The first-order valence-electron chi connectivity index (χ1n) is 10.8. The summed E-state index contributed by atoms with van der Waals surface area (Å²) >= 11 is 0. The summed E-state index contributed by atoms with van der Waals surface area (Å²) in [6, 6.07) is 20.0. The van der Waals surface area contributed by atoms with Crippen molar-refractivity contribution in [2.24, 2.45) is 0 Å². The van der Waals surface area contributed by atoms with E-state index in [4.69, 9.17) is 0 Å². The molecule has 1 aliphatic rings. The molecule has 1 aliphatic heterocycles. The number of aromatic amines is 1. The highest BCUT2D eigenvalue weighted by molar-refractivity contribution is 5.85. The molecular formula is C25H28ClN5O. The number of nitrogens with one attached hydrogen (secondary N) is 2. The highest BCUT2D eigenvalue weighted by Gasteiger charge is 2.26. The molecule has 1 unspecified atom stereocenters. The van der Waals surface area contributed by atoms with E-state index in [1.165, 1.54) is 0 Å². The Morgan fingerprint density at radius 2 is 1.94 bits per heavy atom. The van der Waals surface area contributed by atoms with Gasteiger partial charge in [-0.1, -0.05) is 48.5 Å². The Morgan fingerprint density at radius 1 is 1.16 bits per heavy atom. The molecule has 0 saturated carbocycles. The van der Waals surface area contributed by atoms with E-state index >= 15 is 0 Å². The molecular weight excluding hydrogens is 422 g/mol. The molecule has 6 nitrogen and oxygen atoms in total. The third kappa shape index (κ3) is 5.97. The van der Waals surface area contributed by atoms with Crippen LogP contribution in [0.4, 0.5) is 0 Å². The molecule has 7 heteroatoms. The van der Waals surface area contributed by atoms with Crippen LogP contribution in [0.25, 0.3) is 0 Å². The standard InChI is InChI=1S/C25H27N5O.ClH/c26-16-21-9-5-4-8-20(21)15-24-28-17-22(29-24)11-13-30(23-10-12-27-18-23)25(31)14-19-6-2-1-3-7-19;/h1-9,17,23,27H,10-15,18H2,(H,28,29);1H. The van der Waals surface area contributed by atoms with Gasteiger partial charge >= 0.3 is 0 Å². The van der Waals surface area contributed by atoms with Crippen molar-refractivity contribution in [1.82, 2.24) is 20.2 Å². The molecule has 1 aromatic heterocycles. The number of nitrogens with zero attached hydrogens (tertiary/aromatic N) is 3. The second kappa shape index (κ2) is 11.5. The Balaban J connectivity index is 0.00000289. The predicted molar refractivity (Wildman–Crippen MR) is 127 cm³/mol. The van der Waals surface area contributed by atoms with Gasteiger partial charge in [-0.2, -0.15) is 5.26 Å². The largest absolute Gasteiger partial charge is 0.346 e. The SMILES string of the molecule is Cl.N#Cc1ccccc1Cc1ncc(CCN(C(=O)Cc2ccccc2)C2CCNC2)[nH]1. The summed E-state index contributed by atoms with van der Waals surface area (Å²) in [6.45, 7) is 2.46. The molecule has 32 heavy (non-hydrogen) atoms. The van der Waals surface area contributed by atoms with Crippen molar-refractivity contribution in [1.29, 1.82) is 5.26 Å². The van der Waals surface area contributed by atoms with Gasteiger partial charge < -0.3 is 15.2 Å². The lowest BCUT2D eigenvalue weighted by Crippen LogP contribution is -2.43. The van der Waals surface area contributed by atoms with Crippen LogP contribution in [0.5, 0.6) is 0 Å². The van der Waals surface area contributed by atoms with Gasteiger partial charge in [-0.25, -0.2) is 4.98 Å². The number of carbonyl (C=O) groups is 1. The minimum absolute atomic E-state index is 0.